The van der Waals surface area contributed by atoms with E-state index >= 15 is 0 Å². The molecule has 9 heteroatoms. The summed E-state index contributed by atoms with van der Waals surface area (Å²) in [6.45, 7) is 5.00. The van der Waals surface area contributed by atoms with Crippen LogP contribution in [0.4, 0.5) is 0 Å². The van der Waals surface area contributed by atoms with Gasteiger partial charge in [-0.1, -0.05) is 68.4 Å². The van der Waals surface area contributed by atoms with Gasteiger partial charge in [-0.25, -0.2) is 0 Å². The van der Waals surface area contributed by atoms with Crippen LogP contribution in [0.5, 0.6) is 23.0 Å². The fraction of sp³-hybridized carbons (Fsp3) is 0.314. The number of ether oxygens (including phenoxy) is 2. The first-order valence-corrected chi connectivity index (χ1v) is 16.7. The van der Waals surface area contributed by atoms with Crippen LogP contribution in [0.15, 0.2) is 66.7 Å². The van der Waals surface area contributed by atoms with E-state index in [4.69, 9.17) is 15.2 Å². The number of nitrogens with two attached hydrogens (primary N) is 1. The van der Waals surface area contributed by atoms with Gasteiger partial charge in [0.25, 0.3) is 0 Å². The number of fused-ring (bicyclic) bond motifs is 8. The number of phenols is 2. The molecule has 0 aromatic heterocycles. The molecule has 0 radical (unpaired) electrons. The molecule has 5 rings (SSSR count). The third-order valence-electron chi connectivity index (χ3n) is 7.98. The van der Waals surface area contributed by atoms with Crippen LogP contribution in [-0.2, 0) is 30.2 Å². The Balaban J connectivity index is 1.77. The number of benzene rings is 4. The fourth-order valence-corrected chi connectivity index (χ4v) is 6.32. The van der Waals surface area contributed by atoms with Crippen LogP contribution in [0, 0.1) is 0 Å². The van der Waals surface area contributed by atoms with Crippen molar-refractivity contribution in [2.75, 3.05) is 13.2 Å². The second-order valence-corrected chi connectivity index (χ2v) is 13.1. The van der Waals surface area contributed by atoms with Crippen molar-refractivity contribution in [1.82, 2.24) is 0 Å². The molecule has 0 unspecified atom stereocenters. The molecule has 0 amide bonds. The van der Waals surface area contributed by atoms with Gasteiger partial charge in [0.1, 0.15) is 28.8 Å². The van der Waals surface area contributed by atoms with Crippen molar-refractivity contribution in [3.63, 3.8) is 0 Å². The first kappa shape index (κ1) is 31.6. The highest BCUT2D eigenvalue weighted by atomic mass is 31.2. The van der Waals surface area contributed by atoms with Crippen LogP contribution in [0.25, 0.3) is 0 Å². The largest absolute Gasteiger partial charge is 0.507 e. The van der Waals surface area contributed by atoms with Crippen molar-refractivity contribution in [3.8, 4) is 23.0 Å². The predicted molar refractivity (Wildman–Crippen MR) is 171 cm³/mol. The molecule has 0 aliphatic heterocycles. The smallest absolute Gasteiger partial charge is 0.346 e. The third-order valence-corrected chi connectivity index (χ3v) is 9.00. The summed E-state index contributed by atoms with van der Waals surface area (Å²) in [6, 6.07) is 20.5. The Morgan fingerprint density at radius 3 is 1.36 bits per heavy atom. The van der Waals surface area contributed by atoms with E-state index in [2.05, 4.69) is 0 Å². The van der Waals surface area contributed by atoms with Crippen LogP contribution in [-0.4, -0.2) is 33.2 Å². The molecular formula is C35H40NO7P. The van der Waals surface area contributed by atoms with Gasteiger partial charge in [-0.05, 0) is 75.0 Å². The summed E-state index contributed by atoms with van der Waals surface area (Å²) < 4.78 is 24.8. The SMILES string of the molecule is CCCOc1c2cccc1Cc1cc([C@H](N)P(=O)(O)O)cc(c1O)Cc1cccc(c1OCCC)Cc1cccc(c1O)C2. The molecule has 0 fully saturated rings. The Hall–Kier alpha value is -3.81. The summed E-state index contributed by atoms with van der Waals surface area (Å²) in [5, 5.41) is 23.1. The van der Waals surface area contributed by atoms with Crippen molar-refractivity contribution < 1.29 is 34.0 Å². The number of phenolic OH excluding ortho intramolecular Hbond substituents is 2. The average Bonchev–Trinajstić information content (AvgIpc) is 2.99. The molecule has 1 aliphatic carbocycles. The summed E-state index contributed by atoms with van der Waals surface area (Å²) in [7, 11) is -4.68. The van der Waals surface area contributed by atoms with Gasteiger partial charge in [0.2, 0.25) is 0 Å². The molecule has 0 saturated carbocycles. The molecule has 6 N–H and O–H groups in total. The minimum atomic E-state index is -4.68. The van der Waals surface area contributed by atoms with Crippen LogP contribution < -0.4 is 15.2 Å². The summed E-state index contributed by atoms with van der Waals surface area (Å²) >= 11 is 0. The highest BCUT2D eigenvalue weighted by Crippen LogP contribution is 2.49. The number of para-hydroxylation sites is 3. The minimum absolute atomic E-state index is 0.0281. The zero-order valence-electron chi connectivity index (χ0n) is 25.1. The van der Waals surface area contributed by atoms with E-state index < -0.39 is 13.4 Å². The summed E-state index contributed by atoms with van der Waals surface area (Å²) in [6.07, 6.45) is 2.89. The van der Waals surface area contributed by atoms with Crippen LogP contribution in [0.2, 0.25) is 0 Å². The Labute approximate surface area is 258 Å². The number of hydrogen-bond acceptors (Lipinski definition) is 6. The minimum Gasteiger partial charge on any atom is -0.507 e. The molecule has 1 aliphatic rings. The second kappa shape index (κ2) is 13.4. The van der Waals surface area contributed by atoms with Crippen molar-refractivity contribution in [2.24, 2.45) is 5.73 Å². The lowest BCUT2D eigenvalue weighted by Gasteiger charge is -2.22. The van der Waals surface area contributed by atoms with E-state index in [1.807, 2.05) is 68.4 Å². The zero-order valence-corrected chi connectivity index (χ0v) is 26.0. The highest BCUT2D eigenvalue weighted by Gasteiger charge is 2.29. The summed E-state index contributed by atoms with van der Waals surface area (Å²) in [5.74, 6) is 0.0377. The molecule has 0 saturated heterocycles. The molecule has 1 atom stereocenters. The predicted octanol–water partition coefficient (Wildman–Crippen LogP) is 6.49. The zero-order chi connectivity index (χ0) is 31.4. The quantitative estimate of drug-likeness (QED) is 0.124. The number of aromatic hydroxyl groups is 2. The van der Waals surface area contributed by atoms with Crippen LogP contribution in [0.3, 0.4) is 0 Å². The highest BCUT2D eigenvalue weighted by molar-refractivity contribution is 7.52. The lowest BCUT2D eigenvalue weighted by molar-refractivity contribution is 0.311. The fourth-order valence-electron chi connectivity index (χ4n) is 5.78. The van der Waals surface area contributed by atoms with Crippen molar-refractivity contribution in [3.05, 3.63) is 117 Å². The number of hydrogen-bond donors (Lipinski definition) is 5. The summed E-state index contributed by atoms with van der Waals surface area (Å²) in [4.78, 5) is 19.9. The monoisotopic (exact) mass is 617 g/mol. The molecule has 0 spiro atoms. The number of rotatable bonds is 8. The van der Waals surface area contributed by atoms with E-state index in [0.717, 1.165) is 46.2 Å². The Morgan fingerprint density at radius 2 is 1.00 bits per heavy atom. The lowest BCUT2D eigenvalue weighted by Crippen LogP contribution is -2.12. The standard InChI is InChI=1S/C35H40NO7P/c1-3-14-42-33-24-10-6-12-26(33)18-28-20-30(35(36)44(39,40)41)21-29(32(28)38)19-27-13-7-11-25(34(27)43-15-4-2)17-23-9-5-8-22(16-24)31(23)37/h5-13,20-21,35,37-38H,3-4,14-19,36H2,1-2H3,(H2,39,40,41)/t35-/m1/s1. The Kier molecular flexibility index (Phi) is 9.66. The van der Waals surface area contributed by atoms with E-state index in [9.17, 15) is 24.6 Å². The maximum atomic E-state index is 12.3. The van der Waals surface area contributed by atoms with Gasteiger partial charge in [0, 0.05) is 25.7 Å². The van der Waals surface area contributed by atoms with E-state index in [1.165, 1.54) is 0 Å². The molecule has 8 bridgehead atoms. The average molecular weight is 618 g/mol. The van der Waals surface area contributed by atoms with Crippen molar-refractivity contribution >= 4 is 7.60 Å². The normalized spacial score (nSPS) is 13.8. The van der Waals surface area contributed by atoms with Gasteiger partial charge < -0.3 is 35.2 Å². The third kappa shape index (κ3) is 6.79. The maximum absolute atomic E-state index is 12.3. The van der Waals surface area contributed by atoms with Crippen molar-refractivity contribution in [1.29, 1.82) is 0 Å². The lowest BCUT2D eigenvalue weighted by atomic mass is 9.90. The molecule has 8 nitrogen and oxygen atoms in total. The van der Waals surface area contributed by atoms with E-state index in [-0.39, 0.29) is 29.9 Å². The molecule has 4 aromatic carbocycles. The van der Waals surface area contributed by atoms with Crippen molar-refractivity contribution in [2.45, 2.75) is 58.2 Å². The van der Waals surface area contributed by atoms with E-state index in [0.29, 0.717) is 48.7 Å². The molecule has 44 heavy (non-hydrogen) atoms. The first-order valence-electron chi connectivity index (χ1n) is 15.0. The van der Waals surface area contributed by atoms with Gasteiger partial charge in [-0.15, -0.1) is 0 Å². The molecular weight excluding hydrogens is 577 g/mol. The van der Waals surface area contributed by atoms with Gasteiger partial charge in [-0.3, -0.25) is 4.57 Å². The molecule has 0 heterocycles. The Morgan fingerprint density at radius 1 is 0.659 bits per heavy atom. The first-order chi connectivity index (χ1) is 21.1. The van der Waals surface area contributed by atoms with Gasteiger partial charge >= 0.3 is 7.60 Å². The van der Waals surface area contributed by atoms with E-state index in [1.54, 1.807) is 12.1 Å². The molecule has 4 aromatic rings. The summed E-state index contributed by atoms with van der Waals surface area (Å²) in [5.41, 5.74) is 12.2. The van der Waals surface area contributed by atoms with Gasteiger partial charge in [0.05, 0.1) is 13.2 Å². The van der Waals surface area contributed by atoms with Gasteiger partial charge in [-0.2, -0.15) is 0 Å². The molecule has 232 valence electrons. The maximum Gasteiger partial charge on any atom is 0.346 e. The van der Waals surface area contributed by atoms with Crippen LogP contribution >= 0.6 is 7.60 Å². The Bertz CT molecular complexity index is 1590. The second-order valence-electron chi connectivity index (χ2n) is 11.4. The van der Waals surface area contributed by atoms with Gasteiger partial charge in [0.15, 0.2) is 0 Å². The topological polar surface area (TPSA) is 142 Å². The van der Waals surface area contributed by atoms with Crippen LogP contribution in [0.1, 0.15) is 82.5 Å².